The van der Waals surface area contributed by atoms with Crippen LogP contribution in [-0.2, 0) is 20.7 Å². The van der Waals surface area contributed by atoms with Crippen molar-refractivity contribution in [2.24, 2.45) is 0 Å². The highest BCUT2D eigenvalue weighted by Crippen LogP contribution is 2.30. The predicted molar refractivity (Wildman–Crippen MR) is 118 cm³/mol. The third-order valence-electron chi connectivity index (χ3n) is 5.89. The predicted octanol–water partition coefficient (Wildman–Crippen LogP) is 2.03. The number of amides is 1. The summed E-state index contributed by atoms with van der Waals surface area (Å²) >= 11 is 0. The van der Waals surface area contributed by atoms with Crippen molar-refractivity contribution in [2.45, 2.75) is 31.8 Å². The molecule has 2 fully saturated rings. The van der Waals surface area contributed by atoms with E-state index in [4.69, 9.17) is 19.3 Å². The van der Waals surface area contributed by atoms with Crippen molar-refractivity contribution >= 4 is 18.5 Å². The summed E-state index contributed by atoms with van der Waals surface area (Å²) in [6.07, 6.45) is 6.38. The van der Waals surface area contributed by atoms with Crippen LogP contribution in [0.3, 0.4) is 0 Å². The number of hydrogen-bond donors (Lipinski definition) is 1. The second-order valence-electron chi connectivity index (χ2n) is 8.04. The molecule has 4 rings (SSSR count). The zero-order valence-corrected chi connectivity index (χ0v) is 18.4. The Balaban J connectivity index is 0.000000913. The maximum Gasteiger partial charge on any atom is 0.290 e. The Bertz CT molecular complexity index is 891. The Labute approximate surface area is 187 Å². The number of carbonyl (C=O) groups excluding carboxylic acids is 1. The summed E-state index contributed by atoms with van der Waals surface area (Å²) in [4.78, 5) is 25.3. The van der Waals surface area contributed by atoms with Crippen molar-refractivity contribution in [2.75, 3.05) is 39.3 Å². The number of carboxylic acid groups (broad SMARTS) is 1. The van der Waals surface area contributed by atoms with E-state index in [9.17, 15) is 4.79 Å². The molecule has 1 amide bonds. The molecule has 1 aromatic carbocycles. The molecule has 0 radical (unpaired) electrons. The lowest BCUT2D eigenvalue weighted by Gasteiger charge is -2.47. The van der Waals surface area contributed by atoms with E-state index in [2.05, 4.69) is 51.6 Å². The van der Waals surface area contributed by atoms with Gasteiger partial charge in [-0.15, -0.1) is 0 Å². The normalized spacial score (nSPS) is 18.3. The van der Waals surface area contributed by atoms with Gasteiger partial charge in [0, 0.05) is 32.7 Å². The zero-order chi connectivity index (χ0) is 22.8. The molecule has 3 heterocycles. The summed E-state index contributed by atoms with van der Waals surface area (Å²) in [5.41, 5.74) is 2.39. The maximum atomic E-state index is 12.6. The Morgan fingerprint density at radius 1 is 1.19 bits per heavy atom. The van der Waals surface area contributed by atoms with Gasteiger partial charge in [-0.3, -0.25) is 14.5 Å². The van der Waals surface area contributed by atoms with E-state index in [0.717, 1.165) is 52.2 Å². The number of likely N-dealkylation sites (tertiary alicyclic amines) is 1. The van der Waals surface area contributed by atoms with Crippen LogP contribution in [0, 0.1) is 6.92 Å². The molecule has 2 saturated heterocycles. The molecule has 0 saturated carbocycles. The first-order chi connectivity index (χ1) is 15.5. The molecule has 2 aromatic rings. The van der Waals surface area contributed by atoms with Gasteiger partial charge in [-0.05, 0) is 25.3 Å². The molecule has 2 aliphatic rings. The largest absolute Gasteiger partial charge is 0.483 e. The van der Waals surface area contributed by atoms with Gasteiger partial charge in [-0.1, -0.05) is 52.8 Å². The van der Waals surface area contributed by atoms with Gasteiger partial charge >= 0.3 is 0 Å². The molecule has 172 valence electrons. The monoisotopic (exact) mass is 442 g/mol. The van der Waals surface area contributed by atoms with Crippen molar-refractivity contribution in [3.63, 3.8) is 0 Å². The molecule has 2 aliphatic heterocycles. The van der Waals surface area contributed by atoms with Crippen LogP contribution in [0.4, 0.5) is 0 Å². The number of piperidine rings is 1. The number of hydrogen-bond acceptors (Lipinski definition) is 7. The van der Waals surface area contributed by atoms with Crippen molar-refractivity contribution in [3.05, 3.63) is 53.4 Å². The lowest BCUT2D eigenvalue weighted by Crippen LogP contribution is -2.57. The fourth-order valence-corrected chi connectivity index (χ4v) is 4.11. The lowest BCUT2D eigenvalue weighted by molar-refractivity contribution is -0.149. The number of ether oxygens (including phenoxy) is 1. The third-order valence-corrected chi connectivity index (χ3v) is 5.89. The van der Waals surface area contributed by atoms with Crippen molar-refractivity contribution < 1.29 is 24.1 Å². The average Bonchev–Trinajstić information content (AvgIpc) is 3.20. The molecule has 0 unspecified atom stereocenters. The van der Waals surface area contributed by atoms with Crippen LogP contribution in [0.15, 0.2) is 41.0 Å². The maximum absolute atomic E-state index is 12.6. The molecule has 1 aromatic heterocycles. The van der Waals surface area contributed by atoms with Crippen molar-refractivity contribution in [3.8, 4) is 0 Å². The molecule has 0 bridgehead atoms. The van der Waals surface area contributed by atoms with Gasteiger partial charge in [0.2, 0.25) is 5.91 Å². The Morgan fingerprint density at radius 3 is 2.56 bits per heavy atom. The topological polar surface area (TPSA) is 109 Å². The van der Waals surface area contributed by atoms with Crippen LogP contribution in [0.25, 0.3) is 6.08 Å². The minimum Gasteiger partial charge on any atom is -0.483 e. The molecule has 0 atom stereocenters. The first-order valence-corrected chi connectivity index (χ1v) is 10.8. The van der Waals surface area contributed by atoms with Crippen LogP contribution in [-0.4, -0.2) is 82.5 Å². The third kappa shape index (κ3) is 6.48. The summed E-state index contributed by atoms with van der Waals surface area (Å²) in [5.74, 6) is 0.0807. The molecule has 1 N–H and O–H groups in total. The second kappa shape index (κ2) is 11.5. The van der Waals surface area contributed by atoms with Crippen LogP contribution in [0.2, 0.25) is 0 Å². The summed E-state index contributed by atoms with van der Waals surface area (Å²) in [6, 6.07) is 10.4. The minimum atomic E-state index is -0.250. The van der Waals surface area contributed by atoms with Gasteiger partial charge in [0.1, 0.15) is 11.4 Å². The highest BCUT2D eigenvalue weighted by atomic mass is 16.6. The van der Waals surface area contributed by atoms with Crippen molar-refractivity contribution in [1.82, 2.24) is 20.1 Å². The number of carbonyl (C=O) groups is 2. The van der Waals surface area contributed by atoms with Gasteiger partial charge in [0.05, 0.1) is 18.6 Å². The van der Waals surface area contributed by atoms with E-state index >= 15 is 0 Å². The number of morpholine rings is 1. The van der Waals surface area contributed by atoms with Crippen LogP contribution in [0.1, 0.15) is 29.8 Å². The Morgan fingerprint density at radius 2 is 1.91 bits per heavy atom. The van der Waals surface area contributed by atoms with Gasteiger partial charge < -0.3 is 14.7 Å². The highest BCUT2D eigenvalue weighted by molar-refractivity contribution is 5.78. The number of rotatable bonds is 5. The second-order valence-corrected chi connectivity index (χ2v) is 8.04. The van der Waals surface area contributed by atoms with E-state index in [0.29, 0.717) is 11.4 Å². The molecular weight excluding hydrogens is 412 g/mol. The number of aryl methyl sites for hydroxylation is 1. The smallest absolute Gasteiger partial charge is 0.290 e. The summed E-state index contributed by atoms with van der Waals surface area (Å²) < 4.78 is 10.9. The number of aromatic nitrogens is 2. The van der Waals surface area contributed by atoms with Gasteiger partial charge in [0.15, 0.2) is 0 Å². The standard InChI is InChI=1S/C22H28N4O3.CH2O2/c1-18-20(24-29-23-18)16-21(27)26-12-9-22(10-13-26)17-25(14-15-28-22)11-5-8-19-6-3-2-4-7-19;2-1-3/h2-8H,9-17H2,1H3;1H,(H,2,3). The molecule has 1 spiro atoms. The van der Waals surface area contributed by atoms with E-state index in [1.54, 1.807) is 6.92 Å². The molecule has 32 heavy (non-hydrogen) atoms. The highest BCUT2D eigenvalue weighted by Gasteiger charge is 2.40. The Hall–Kier alpha value is -3.04. The quantitative estimate of drug-likeness (QED) is 0.701. The molecular formula is C23H30N4O5. The summed E-state index contributed by atoms with van der Waals surface area (Å²) in [6.45, 7) is 6.52. The molecule has 9 heteroatoms. The molecule has 9 nitrogen and oxygen atoms in total. The fourth-order valence-electron chi connectivity index (χ4n) is 4.11. The summed E-state index contributed by atoms with van der Waals surface area (Å²) in [7, 11) is 0. The average molecular weight is 443 g/mol. The van der Waals surface area contributed by atoms with E-state index in [1.165, 1.54) is 5.56 Å². The molecule has 0 aliphatic carbocycles. The van der Waals surface area contributed by atoms with Gasteiger partial charge in [-0.25, -0.2) is 4.63 Å². The van der Waals surface area contributed by atoms with Crippen LogP contribution >= 0.6 is 0 Å². The van der Waals surface area contributed by atoms with E-state index < -0.39 is 0 Å². The van der Waals surface area contributed by atoms with Gasteiger partial charge in [-0.2, -0.15) is 0 Å². The van der Waals surface area contributed by atoms with E-state index in [1.807, 2.05) is 11.0 Å². The number of benzene rings is 1. The lowest BCUT2D eigenvalue weighted by atomic mass is 9.89. The Kier molecular flexibility index (Phi) is 8.52. The van der Waals surface area contributed by atoms with Gasteiger partial charge in [0.25, 0.3) is 6.47 Å². The summed E-state index contributed by atoms with van der Waals surface area (Å²) in [5, 5.41) is 14.5. The van der Waals surface area contributed by atoms with Crippen LogP contribution in [0.5, 0.6) is 0 Å². The first kappa shape index (κ1) is 23.6. The minimum absolute atomic E-state index is 0.0807. The first-order valence-electron chi connectivity index (χ1n) is 10.8. The zero-order valence-electron chi connectivity index (χ0n) is 18.4. The fraction of sp³-hybridized carbons (Fsp3) is 0.478. The van der Waals surface area contributed by atoms with Crippen molar-refractivity contribution in [1.29, 1.82) is 0 Å². The SMILES string of the molecule is Cc1nonc1CC(=O)N1CCC2(CC1)CN(CC=Cc1ccccc1)CCO2.O=CO. The van der Waals surface area contributed by atoms with E-state index in [-0.39, 0.29) is 24.4 Å². The van der Waals surface area contributed by atoms with Crippen LogP contribution < -0.4 is 0 Å². The number of nitrogens with zero attached hydrogens (tertiary/aromatic N) is 4.